The molecule has 0 saturated heterocycles. The normalized spacial score (nSPS) is 13.0. The average Bonchev–Trinajstić information content (AvgIpc) is 2.05. The van der Waals surface area contributed by atoms with E-state index in [1.165, 1.54) is 0 Å². The van der Waals surface area contributed by atoms with Gasteiger partial charge in [0.05, 0.1) is 0 Å². The Morgan fingerprint density at radius 2 is 1.83 bits per heavy atom. The van der Waals surface area contributed by atoms with Crippen molar-refractivity contribution >= 4 is 8.03 Å². The van der Waals surface area contributed by atoms with Crippen LogP contribution in [0.4, 0.5) is 0 Å². The molecule has 0 aromatic heterocycles. The van der Waals surface area contributed by atoms with Crippen molar-refractivity contribution < 1.29 is 36.9 Å². The molecule has 1 aromatic rings. The van der Waals surface area contributed by atoms with Crippen LogP contribution in [0.15, 0.2) is 30.3 Å². The number of hydrogen-bond acceptors (Lipinski definition) is 2. The number of benzene rings is 1. The number of aliphatic hydroxyl groups is 1. The van der Waals surface area contributed by atoms with Crippen molar-refractivity contribution in [2.45, 2.75) is 5.85 Å². The van der Waals surface area contributed by atoms with Gasteiger partial charge in [0.25, 0.3) is 0 Å². The summed E-state index contributed by atoms with van der Waals surface area (Å²) in [6.07, 6.45) is 0. The zero-order chi connectivity index (χ0) is 8.27. The van der Waals surface area contributed by atoms with Crippen LogP contribution in [0.25, 0.3) is 0 Å². The van der Waals surface area contributed by atoms with Gasteiger partial charge < -0.3 is 5.11 Å². The molecule has 58 valence electrons. The molecule has 0 saturated carbocycles. The summed E-state index contributed by atoms with van der Waals surface area (Å²) in [5.41, 5.74) is 0.469. The van der Waals surface area contributed by atoms with E-state index in [-0.39, 0.29) is 22.3 Å². The summed E-state index contributed by atoms with van der Waals surface area (Å²) in [6.45, 7) is 0. The molecule has 1 rings (SSSR count). The Morgan fingerprint density at radius 1 is 1.33 bits per heavy atom. The number of hydrogen-bond donors (Lipinski definition) is 2. The van der Waals surface area contributed by atoms with E-state index in [1.54, 1.807) is 30.3 Å². The average molecular weight is 239 g/mol. The monoisotopic (exact) mass is 237 g/mol. The van der Waals surface area contributed by atoms with Gasteiger partial charge in [-0.15, -0.1) is 0 Å². The quantitative estimate of drug-likeness (QED) is 0.608. The molecule has 3 nitrogen and oxygen atoms in total. The Bertz CT molecular complexity index is 260. The molecule has 5 heteroatoms. The minimum absolute atomic E-state index is 0. The Labute approximate surface area is 87.0 Å². The van der Waals surface area contributed by atoms with Gasteiger partial charge in [-0.3, -0.25) is 0 Å². The largest absolute Gasteiger partial charge is 2.00 e. The Balaban J connectivity index is -0.000000403. The van der Waals surface area contributed by atoms with E-state index >= 15 is 0 Å². The predicted octanol–water partition coefficient (Wildman–Crippen LogP) is 1.63. The van der Waals surface area contributed by atoms with Gasteiger partial charge >= 0.3 is 36.2 Å². The second kappa shape index (κ2) is 5.50. The maximum absolute atomic E-state index is 10.4. The summed E-state index contributed by atoms with van der Waals surface area (Å²) < 4.78 is 10.4. The van der Waals surface area contributed by atoms with Crippen LogP contribution in [-0.2, 0) is 24.0 Å². The number of rotatable bonds is 2. The molecule has 2 N–H and O–H groups in total. The van der Waals surface area contributed by atoms with Gasteiger partial charge in [-0.05, 0) is 4.57 Å². The van der Waals surface area contributed by atoms with Crippen LogP contribution in [0.5, 0.6) is 0 Å². The van der Waals surface area contributed by atoms with Gasteiger partial charge in [0.1, 0.15) is 0 Å². The first-order valence-corrected chi connectivity index (χ1v) is 4.38. The van der Waals surface area contributed by atoms with Gasteiger partial charge in [-0.25, -0.2) is 0 Å². The van der Waals surface area contributed by atoms with Gasteiger partial charge in [0, 0.05) is 5.56 Å². The molecule has 0 aliphatic rings. The van der Waals surface area contributed by atoms with Crippen LogP contribution < -0.4 is 0 Å². The van der Waals surface area contributed by atoms with E-state index in [9.17, 15) is 4.57 Å². The zero-order valence-corrected chi connectivity index (χ0v) is 10.3. The van der Waals surface area contributed by atoms with Crippen LogP contribution in [0.1, 0.15) is 14.3 Å². The Morgan fingerprint density at radius 3 is 2.25 bits per heavy atom. The first-order valence-electron chi connectivity index (χ1n) is 3.10. The molecule has 2 unspecified atom stereocenters. The summed E-state index contributed by atoms with van der Waals surface area (Å²) in [5, 5.41) is 9.06. The first kappa shape index (κ1) is 11.9. The minimum Gasteiger partial charge on any atom is -0.345 e. The Kier molecular flexibility index (Phi) is 5.44. The van der Waals surface area contributed by atoms with Crippen molar-refractivity contribution in [2.75, 3.05) is 0 Å². The van der Waals surface area contributed by atoms with Gasteiger partial charge in [0.2, 0.25) is 0 Å². The fourth-order valence-corrected chi connectivity index (χ4v) is 1.18. The molecule has 0 bridgehead atoms. The molecule has 12 heavy (non-hydrogen) atoms. The molecule has 0 aliphatic carbocycles. The summed E-state index contributed by atoms with van der Waals surface area (Å²) in [6, 6.07) is 8.40. The fraction of sp³-hybridized carbons (Fsp3) is 0.143. The molecule has 0 amide bonds. The SMILES string of the molecule is O=[P+](O)C(O)c1ccccc1.[H+].[H+].[Zn+2]. The molecular formula is C7H10O3PZn+5. The molecular weight excluding hydrogens is 228 g/mol. The van der Waals surface area contributed by atoms with Crippen LogP contribution in [0.2, 0.25) is 0 Å². The second-order valence-corrected chi connectivity index (χ2v) is 3.18. The molecule has 0 spiro atoms. The summed E-state index contributed by atoms with van der Waals surface area (Å²) in [5.74, 6) is -1.26. The van der Waals surface area contributed by atoms with E-state index in [1.807, 2.05) is 0 Å². The molecule has 2 atom stereocenters. The van der Waals surface area contributed by atoms with Crippen molar-refractivity contribution in [1.82, 2.24) is 0 Å². The van der Waals surface area contributed by atoms with Crippen LogP contribution in [0.3, 0.4) is 0 Å². The van der Waals surface area contributed by atoms with Crippen molar-refractivity contribution in [3.05, 3.63) is 35.9 Å². The standard InChI is InChI=1S/C7H7O3P.Zn/c8-7(11(9)10)6-4-2-1-3-5-6;/h1-5,7-8H;/q;+2/p+3. The molecule has 0 fully saturated rings. The third-order valence-corrected chi connectivity index (χ3v) is 2.02. The summed E-state index contributed by atoms with van der Waals surface area (Å²) >= 11 is 0. The van der Waals surface area contributed by atoms with Crippen LogP contribution >= 0.6 is 8.03 Å². The summed E-state index contributed by atoms with van der Waals surface area (Å²) in [4.78, 5) is 8.53. The molecule has 0 heterocycles. The molecule has 1 aromatic carbocycles. The van der Waals surface area contributed by atoms with Crippen LogP contribution in [0, 0.1) is 0 Å². The van der Waals surface area contributed by atoms with Crippen molar-refractivity contribution in [3.8, 4) is 0 Å². The van der Waals surface area contributed by atoms with E-state index in [4.69, 9.17) is 10.00 Å². The molecule has 0 aliphatic heterocycles. The third-order valence-electron chi connectivity index (χ3n) is 1.31. The minimum atomic E-state index is -2.53. The number of aliphatic hydroxyl groups excluding tert-OH is 1. The third kappa shape index (κ3) is 3.08. The van der Waals surface area contributed by atoms with Crippen molar-refractivity contribution in [3.63, 3.8) is 0 Å². The zero-order valence-electron chi connectivity index (χ0n) is 8.42. The van der Waals surface area contributed by atoms with Crippen LogP contribution in [-0.4, -0.2) is 10.00 Å². The van der Waals surface area contributed by atoms with Crippen molar-refractivity contribution in [1.29, 1.82) is 0 Å². The maximum Gasteiger partial charge on any atom is 2.00 e. The second-order valence-electron chi connectivity index (χ2n) is 2.09. The van der Waals surface area contributed by atoms with Gasteiger partial charge in [-0.1, -0.05) is 30.3 Å². The topological polar surface area (TPSA) is 57.5 Å². The van der Waals surface area contributed by atoms with Gasteiger partial charge in [0.15, 0.2) is 0 Å². The fourth-order valence-electron chi connectivity index (χ4n) is 0.753. The van der Waals surface area contributed by atoms with Gasteiger partial charge in [-0.2, -0.15) is 4.89 Å². The predicted molar refractivity (Wildman–Crippen MR) is 43.5 cm³/mol. The first-order chi connectivity index (χ1) is 5.22. The summed E-state index contributed by atoms with van der Waals surface area (Å²) in [7, 11) is -2.53. The van der Waals surface area contributed by atoms with E-state index in [0.29, 0.717) is 5.56 Å². The maximum atomic E-state index is 10.4. The van der Waals surface area contributed by atoms with E-state index in [2.05, 4.69) is 0 Å². The molecule has 0 radical (unpaired) electrons. The van der Waals surface area contributed by atoms with Crippen molar-refractivity contribution in [2.24, 2.45) is 0 Å². The van der Waals surface area contributed by atoms with E-state index < -0.39 is 13.9 Å². The smallest absolute Gasteiger partial charge is 0.345 e. The van der Waals surface area contributed by atoms with E-state index in [0.717, 1.165) is 0 Å². The Hall–Kier alpha value is -0.137.